The first-order chi connectivity index (χ1) is 14.5. The van der Waals surface area contributed by atoms with E-state index in [-0.39, 0.29) is 22.5 Å². The second-order valence-electron chi connectivity index (χ2n) is 7.27. The van der Waals surface area contributed by atoms with Crippen LogP contribution in [0, 0.1) is 11.7 Å². The molecule has 6 nitrogen and oxygen atoms in total. The molecule has 30 heavy (non-hydrogen) atoms. The molecule has 1 fully saturated rings. The van der Waals surface area contributed by atoms with Gasteiger partial charge in [0.1, 0.15) is 5.82 Å². The van der Waals surface area contributed by atoms with Crippen molar-refractivity contribution < 1.29 is 18.7 Å². The third-order valence-corrected chi connectivity index (χ3v) is 6.44. The van der Waals surface area contributed by atoms with E-state index in [9.17, 15) is 9.18 Å². The highest BCUT2D eigenvalue weighted by Gasteiger charge is 2.31. The molecule has 1 aliphatic heterocycles. The summed E-state index contributed by atoms with van der Waals surface area (Å²) < 4.78 is 25.2. The summed E-state index contributed by atoms with van der Waals surface area (Å²) in [5.74, 6) is 0.777. The van der Waals surface area contributed by atoms with Crippen molar-refractivity contribution in [2.45, 2.75) is 25.6 Å². The number of carbonyl (C=O) groups is 1. The number of ether oxygens (including phenoxy) is 2. The fraction of sp³-hybridized carbons (Fsp3) is 0.238. The summed E-state index contributed by atoms with van der Waals surface area (Å²) in [5.41, 5.74) is 7.01. The monoisotopic (exact) mass is 445 g/mol. The number of benzene rings is 2. The maximum absolute atomic E-state index is 13.5. The average molecular weight is 446 g/mol. The number of nitrogens with zero attached hydrogens (tertiary/aromatic N) is 1. The van der Waals surface area contributed by atoms with Gasteiger partial charge in [-0.2, -0.15) is 0 Å². The Hall–Kier alpha value is -2.84. The van der Waals surface area contributed by atoms with Gasteiger partial charge in [0.05, 0.1) is 10.7 Å². The highest BCUT2D eigenvalue weighted by atomic mass is 35.5. The lowest BCUT2D eigenvalue weighted by molar-refractivity contribution is -0.117. The van der Waals surface area contributed by atoms with Crippen LogP contribution in [0.2, 0.25) is 5.02 Å². The van der Waals surface area contributed by atoms with Gasteiger partial charge >= 0.3 is 0 Å². The van der Waals surface area contributed by atoms with Crippen LogP contribution in [-0.4, -0.2) is 10.9 Å². The van der Waals surface area contributed by atoms with Crippen molar-refractivity contribution in [1.29, 1.82) is 0 Å². The molecule has 1 unspecified atom stereocenters. The third-order valence-electron chi connectivity index (χ3n) is 4.97. The van der Waals surface area contributed by atoms with Gasteiger partial charge in [-0.1, -0.05) is 17.7 Å². The molecule has 2 aromatic carbocycles. The second kappa shape index (κ2) is 7.45. The van der Waals surface area contributed by atoms with Crippen molar-refractivity contribution in [2.75, 3.05) is 11.1 Å². The van der Waals surface area contributed by atoms with E-state index in [4.69, 9.17) is 26.8 Å². The zero-order chi connectivity index (χ0) is 20.8. The summed E-state index contributed by atoms with van der Waals surface area (Å²) in [5, 5.41) is 3.76. The minimum atomic E-state index is -0.665. The summed E-state index contributed by atoms with van der Waals surface area (Å²) in [6.45, 7) is 0. The molecule has 0 bridgehead atoms. The highest BCUT2D eigenvalue weighted by Crippen LogP contribution is 2.43. The molecule has 1 aliphatic carbocycles. The largest absolute Gasteiger partial charge is 0.444 e. The van der Waals surface area contributed by atoms with Gasteiger partial charge in [0.25, 0.3) is 6.29 Å². The third kappa shape index (κ3) is 3.68. The lowest BCUT2D eigenvalue weighted by Gasteiger charge is -2.07. The van der Waals surface area contributed by atoms with Crippen LogP contribution in [0.15, 0.2) is 36.5 Å². The quantitative estimate of drug-likeness (QED) is 0.544. The molecule has 154 valence electrons. The molecule has 5 rings (SSSR count). The first-order valence-electron chi connectivity index (χ1n) is 9.43. The summed E-state index contributed by atoms with van der Waals surface area (Å²) in [4.78, 5) is 17.3. The molecule has 9 heteroatoms. The number of rotatable bonds is 5. The molecule has 1 aromatic heterocycles. The summed E-state index contributed by atoms with van der Waals surface area (Å²) >= 11 is 7.57. The molecule has 1 saturated carbocycles. The zero-order valence-corrected chi connectivity index (χ0v) is 17.2. The molecule has 1 amide bonds. The van der Waals surface area contributed by atoms with Crippen molar-refractivity contribution in [2.24, 2.45) is 5.92 Å². The Morgan fingerprint density at radius 1 is 1.27 bits per heavy atom. The fourth-order valence-corrected chi connectivity index (χ4v) is 4.29. The van der Waals surface area contributed by atoms with Crippen LogP contribution >= 0.6 is 22.9 Å². The van der Waals surface area contributed by atoms with Gasteiger partial charge in [-0.3, -0.25) is 4.79 Å². The standard InChI is InChI=1S/C21H17ClFN3O3S/c22-17-11(3-5-14(23)18(17)24)7-13-9-25-20(30-13)21-28-15-6-4-12(8-16(15)29-21)26-19(27)10-1-2-10/h3-6,8-10,21H,1-2,7,24H2,(H,26,27). The Labute approximate surface area is 180 Å². The Kier molecular flexibility index (Phi) is 4.75. The number of halogens is 2. The molecular weight excluding hydrogens is 429 g/mol. The Bertz CT molecular complexity index is 1150. The minimum Gasteiger partial charge on any atom is -0.444 e. The summed E-state index contributed by atoms with van der Waals surface area (Å²) in [6, 6.07) is 8.24. The normalized spacial score (nSPS) is 17.2. The van der Waals surface area contributed by atoms with Crippen molar-refractivity contribution in [1.82, 2.24) is 4.98 Å². The SMILES string of the molecule is Nc1c(F)ccc(Cc2cnc(C3Oc4ccc(NC(=O)C5CC5)cc4O3)s2)c1Cl. The first-order valence-corrected chi connectivity index (χ1v) is 10.6. The van der Waals surface area contributed by atoms with E-state index in [1.54, 1.807) is 30.5 Å². The lowest BCUT2D eigenvalue weighted by atomic mass is 10.1. The summed E-state index contributed by atoms with van der Waals surface area (Å²) in [7, 11) is 0. The Morgan fingerprint density at radius 2 is 2.07 bits per heavy atom. The van der Waals surface area contributed by atoms with Crippen LogP contribution in [0.1, 0.15) is 34.6 Å². The van der Waals surface area contributed by atoms with E-state index in [0.717, 1.165) is 23.3 Å². The average Bonchev–Trinajstić information content (AvgIpc) is 3.34. The molecule has 0 spiro atoms. The maximum Gasteiger partial charge on any atom is 0.294 e. The van der Waals surface area contributed by atoms with E-state index in [1.807, 2.05) is 0 Å². The molecule has 0 radical (unpaired) electrons. The van der Waals surface area contributed by atoms with E-state index < -0.39 is 12.1 Å². The number of thiazole rings is 1. The molecule has 2 heterocycles. The van der Waals surface area contributed by atoms with Crippen LogP contribution in [0.3, 0.4) is 0 Å². The van der Waals surface area contributed by atoms with Gasteiger partial charge < -0.3 is 20.5 Å². The van der Waals surface area contributed by atoms with Gasteiger partial charge in [0, 0.05) is 35.2 Å². The number of nitrogens with one attached hydrogen (secondary N) is 1. The van der Waals surface area contributed by atoms with Gasteiger partial charge in [0.2, 0.25) is 5.91 Å². The van der Waals surface area contributed by atoms with Crippen LogP contribution in [0.25, 0.3) is 0 Å². The van der Waals surface area contributed by atoms with Gasteiger partial charge in [-0.25, -0.2) is 9.37 Å². The van der Waals surface area contributed by atoms with Crippen molar-refractivity contribution in [3.05, 3.63) is 62.8 Å². The van der Waals surface area contributed by atoms with Gasteiger partial charge in [-0.05, 0) is 36.6 Å². The molecule has 1 atom stereocenters. The van der Waals surface area contributed by atoms with Crippen molar-refractivity contribution in [3.8, 4) is 11.5 Å². The summed E-state index contributed by atoms with van der Waals surface area (Å²) in [6.07, 6.45) is 3.41. The van der Waals surface area contributed by atoms with Crippen LogP contribution in [0.4, 0.5) is 15.8 Å². The number of hydrogen-bond acceptors (Lipinski definition) is 6. The van der Waals surface area contributed by atoms with E-state index in [2.05, 4.69) is 10.3 Å². The number of anilines is 2. The number of hydrogen-bond donors (Lipinski definition) is 2. The number of fused-ring (bicyclic) bond motifs is 1. The zero-order valence-electron chi connectivity index (χ0n) is 15.7. The molecular formula is C21H17ClFN3O3S. The van der Waals surface area contributed by atoms with Gasteiger partial charge in [0.15, 0.2) is 16.5 Å². The smallest absolute Gasteiger partial charge is 0.294 e. The first kappa shape index (κ1) is 19.1. The lowest BCUT2D eigenvalue weighted by Crippen LogP contribution is -2.13. The van der Waals surface area contributed by atoms with E-state index >= 15 is 0 Å². The second-order valence-corrected chi connectivity index (χ2v) is 8.79. The number of aromatic nitrogens is 1. The predicted octanol–water partition coefficient (Wildman–Crippen LogP) is 4.93. The van der Waals surface area contributed by atoms with Crippen molar-refractivity contribution in [3.63, 3.8) is 0 Å². The van der Waals surface area contributed by atoms with Crippen LogP contribution < -0.4 is 20.5 Å². The minimum absolute atomic E-state index is 0.0371. The van der Waals surface area contributed by atoms with Crippen LogP contribution in [-0.2, 0) is 11.2 Å². The topological polar surface area (TPSA) is 86.5 Å². The number of nitrogens with two attached hydrogens (primary N) is 1. The molecule has 3 N–H and O–H groups in total. The maximum atomic E-state index is 13.5. The van der Waals surface area contributed by atoms with Gasteiger partial charge in [-0.15, -0.1) is 11.3 Å². The number of amides is 1. The molecule has 2 aliphatic rings. The van der Waals surface area contributed by atoms with E-state index in [0.29, 0.717) is 28.6 Å². The van der Waals surface area contributed by atoms with E-state index in [1.165, 1.54) is 17.4 Å². The number of nitrogen functional groups attached to an aromatic ring is 1. The van der Waals surface area contributed by atoms with Crippen molar-refractivity contribution >= 4 is 40.2 Å². The molecule has 0 saturated heterocycles. The Balaban J connectivity index is 1.28. The Morgan fingerprint density at radius 3 is 2.87 bits per heavy atom. The fourth-order valence-electron chi connectivity index (χ4n) is 3.17. The molecule has 3 aromatic rings. The predicted molar refractivity (Wildman–Crippen MR) is 113 cm³/mol. The van der Waals surface area contributed by atoms with Crippen LogP contribution in [0.5, 0.6) is 11.5 Å². The highest BCUT2D eigenvalue weighted by molar-refractivity contribution is 7.11. The number of carbonyl (C=O) groups excluding carboxylic acids is 1.